The van der Waals surface area contributed by atoms with Crippen LogP contribution in [0.25, 0.3) is 0 Å². The van der Waals surface area contributed by atoms with E-state index in [0.29, 0.717) is 13.2 Å². The van der Waals surface area contributed by atoms with Gasteiger partial charge < -0.3 is 9.47 Å². The minimum atomic E-state index is -4.11. The molecule has 0 aliphatic carbocycles. The quantitative estimate of drug-likeness (QED) is 0.621. The highest BCUT2D eigenvalue weighted by Crippen LogP contribution is 2.30. The molecule has 1 aliphatic rings. The van der Waals surface area contributed by atoms with Gasteiger partial charge in [-0.15, -0.1) is 0 Å². The number of hydrogen-bond donors (Lipinski definition) is 0. The van der Waals surface area contributed by atoms with E-state index in [2.05, 4.69) is 19.1 Å². The molecule has 0 amide bonds. The van der Waals surface area contributed by atoms with Gasteiger partial charge in [-0.3, -0.25) is 0 Å². The zero-order chi connectivity index (χ0) is 16.7. The molecule has 0 unspecified atom stereocenters. The van der Waals surface area contributed by atoms with Crippen molar-refractivity contribution < 1.29 is 22.6 Å². The lowest BCUT2D eigenvalue weighted by Gasteiger charge is -2.30. The van der Waals surface area contributed by atoms with Crippen molar-refractivity contribution in [2.24, 2.45) is 5.92 Å². The molecule has 130 valence electrons. The van der Waals surface area contributed by atoms with Crippen LogP contribution in [0, 0.1) is 5.92 Å². The molecule has 0 spiro atoms. The maximum atomic E-state index is 12.2. The molecule has 0 atom stereocenters. The van der Waals surface area contributed by atoms with Crippen molar-refractivity contribution in [2.45, 2.75) is 57.9 Å². The second-order valence-electron chi connectivity index (χ2n) is 6.22. The highest BCUT2D eigenvalue weighted by Gasteiger charge is 2.30. The van der Waals surface area contributed by atoms with Crippen molar-refractivity contribution >= 4 is 0 Å². The van der Waals surface area contributed by atoms with E-state index in [0.717, 1.165) is 12.0 Å². The number of rotatable bonds is 7. The van der Waals surface area contributed by atoms with E-state index >= 15 is 0 Å². The Morgan fingerprint density at radius 1 is 1.04 bits per heavy atom. The number of ether oxygens (including phenoxy) is 2. The molecule has 0 bridgehead atoms. The van der Waals surface area contributed by atoms with Crippen molar-refractivity contribution in [1.29, 1.82) is 0 Å². The van der Waals surface area contributed by atoms with E-state index in [1.807, 2.05) is 12.1 Å². The number of aryl methyl sites for hydroxylation is 1. The summed E-state index contributed by atoms with van der Waals surface area (Å²) < 4.78 is 47.8. The molecule has 1 aromatic carbocycles. The van der Waals surface area contributed by atoms with Crippen molar-refractivity contribution in [1.82, 2.24) is 0 Å². The van der Waals surface area contributed by atoms with Crippen LogP contribution in [0.15, 0.2) is 24.3 Å². The van der Waals surface area contributed by atoms with Crippen LogP contribution in [0.2, 0.25) is 0 Å². The maximum Gasteiger partial charge on any atom is 0.389 e. The Kier molecular flexibility index (Phi) is 6.90. The maximum absolute atomic E-state index is 12.2. The molecule has 0 saturated carbocycles. The lowest BCUT2D eigenvalue weighted by atomic mass is 10.0. The first-order chi connectivity index (χ1) is 11.0. The van der Waals surface area contributed by atoms with E-state index < -0.39 is 18.9 Å². The molecule has 23 heavy (non-hydrogen) atoms. The molecule has 0 aromatic heterocycles. The molecule has 1 fully saturated rings. The summed E-state index contributed by atoms with van der Waals surface area (Å²) in [5.41, 5.74) is 2.22. The lowest BCUT2D eigenvalue weighted by molar-refractivity contribution is -0.211. The average Bonchev–Trinajstić information content (AvgIpc) is 2.54. The Balaban J connectivity index is 1.76. The second-order valence-corrected chi connectivity index (χ2v) is 6.22. The van der Waals surface area contributed by atoms with Crippen LogP contribution in [0.3, 0.4) is 0 Å². The van der Waals surface area contributed by atoms with Gasteiger partial charge in [-0.1, -0.05) is 44.0 Å². The summed E-state index contributed by atoms with van der Waals surface area (Å²) in [5, 5.41) is 0. The van der Waals surface area contributed by atoms with Gasteiger partial charge in [0.15, 0.2) is 6.29 Å². The minimum absolute atomic E-state index is 0.0621. The number of hydrogen-bond acceptors (Lipinski definition) is 2. The number of alkyl halides is 3. The van der Waals surface area contributed by atoms with Crippen LogP contribution < -0.4 is 0 Å². The van der Waals surface area contributed by atoms with Crippen molar-refractivity contribution in [3.05, 3.63) is 35.4 Å². The van der Waals surface area contributed by atoms with Crippen molar-refractivity contribution in [2.75, 3.05) is 13.2 Å². The third kappa shape index (κ3) is 6.51. The first-order valence-electron chi connectivity index (χ1n) is 8.36. The normalized spacial score (nSPS) is 22.3. The van der Waals surface area contributed by atoms with Crippen LogP contribution in [0.5, 0.6) is 0 Å². The van der Waals surface area contributed by atoms with Gasteiger partial charge in [-0.05, 0) is 24.8 Å². The Morgan fingerprint density at radius 2 is 1.70 bits per heavy atom. The molecule has 1 saturated heterocycles. The van der Waals surface area contributed by atoms with Gasteiger partial charge in [0.05, 0.1) is 13.2 Å². The van der Waals surface area contributed by atoms with Gasteiger partial charge in [0.25, 0.3) is 0 Å². The molecule has 0 N–H and O–H groups in total. The van der Waals surface area contributed by atoms with Crippen LogP contribution in [0.1, 0.15) is 56.4 Å². The first kappa shape index (κ1) is 18.3. The Hall–Kier alpha value is -1.07. The molecule has 1 heterocycles. The third-order valence-electron chi connectivity index (χ3n) is 4.12. The largest absolute Gasteiger partial charge is 0.389 e. The summed E-state index contributed by atoms with van der Waals surface area (Å²) >= 11 is 0. The molecule has 5 heteroatoms. The standard InChI is InChI=1S/C18H25F3O2/c1-2-3-4-5-14-6-8-16(9-7-14)17-22-12-15(13-23-17)10-11-18(19,20)21/h6-9,15,17H,2-5,10-13H2,1H3/t15-,17-. The Labute approximate surface area is 136 Å². The summed E-state index contributed by atoms with van der Waals surface area (Å²) in [4.78, 5) is 0. The summed E-state index contributed by atoms with van der Waals surface area (Å²) in [6.07, 6.45) is -0.583. The fourth-order valence-electron chi connectivity index (χ4n) is 2.69. The summed E-state index contributed by atoms with van der Waals surface area (Å²) in [6.45, 7) is 2.82. The lowest BCUT2D eigenvalue weighted by Crippen LogP contribution is -2.28. The number of halogens is 3. The van der Waals surface area contributed by atoms with E-state index in [-0.39, 0.29) is 12.3 Å². The van der Waals surface area contributed by atoms with E-state index in [4.69, 9.17) is 9.47 Å². The van der Waals surface area contributed by atoms with E-state index in [1.54, 1.807) is 0 Å². The topological polar surface area (TPSA) is 18.5 Å². The number of benzene rings is 1. The van der Waals surface area contributed by atoms with Crippen LogP contribution in [-0.2, 0) is 15.9 Å². The first-order valence-corrected chi connectivity index (χ1v) is 8.36. The van der Waals surface area contributed by atoms with E-state index in [1.165, 1.54) is 24.8 Å². The smallest absolute Gasteiger partial charge is 0.348 e. The van der Waals surface area contributed by atoms with Crippen molar-refractivity contribution in [3.8, 4) is 0 Å². The molecule has 1 aromatic rings. The van der Waals surface area contributed by atoms with Gasteiger partial charge in [0, 0.05) is 17.9 Å². The Morgan fingerprint density at radius 3 is 2.26 bits per heavy atom. The molecular formula is C18H25F3O2. The van der Waals surface area contributed by atoms with Crippen LogP contribution in [-0.4, -0.2) is 19.4 Å². The summed E-state index contributed by atoms with van der Waals surface area (Å²) in [5.74, 6) is -0.179. The zero-order valence-corrected chi connectivity index (χ0v) is 13.6. The van der Waals surface area contributed by atoms with Crippen LogP contribution in [0.4, 0.5) is 13.2 Å². The highest BCUT2D eigenvalue weighted by atomic mass is 19.4. The highest BCUT2D eigenvalue weighted by molar-refractivity contribution is 5.23. The minimum Gasteiger partial charge on any atom is -0.348 e. The summed E-state index contributed by atoms with van der Waals surface area (Å²) in [6, 6.07) is 8.13. The van der Waals surface area contributed by atoms with Gasteiger partial charge in [-0.2, -0.15) is 13.2 Å². The average molecular weight is 330 g/mol. The fourth-order valence-corrected chi connectivity index (χ4v) is 2.69. The summed E-state index contributed by atoms with van der Waals surface area (Å²) in [7, 11) is 0. The molecule has 2 rings (SSSR count). The van der Waals surface area contributed by atoms with Gasteiger partial charge >= 0.3 is 6.18 Å². The molecule has 2 nitrogen and oxygen atoms in total. The fraction of sp³-hybridized carbons (Fsp3) is 0.667. The van der Waals surface area contributed by atoms with Gasteiger partial charge in [0.1, 0.15) is 0 Å². The monoisotopic (exact) mass is 330 g/mol. The van der Waals surface area contributed by atoms with E-state index in [9.17, 15) is 13.2 Å². The molecular weight excluding hydrogens is 305 g/mol. The second kappa shape index (κ2) is 8.69. The third-order valence-corrected chi connectivity index (χ3v) is 4.12. The SMILES string of the molecule is CCCCCc1ccc([C@H]2OC[C@H](CCC(F)(F)F)CO2)cc1. The molecule has 0 radical (unpaired) electrons. The zero-order valence-electron chi connectivity index (χ0n) is 13.6. The van der Waals surface area contributed by atoms with Crippen molar-refractivity contribution in [3.63, 3.8) is 0 Å². The number of unbranched alkanes of at least 4 members (excludes halogenated alkanes) is 2. The van der Waals surface area contributed by atoms with Gasteiger partial charge in [0.2, 0.25) is 0 Å². The predicted molar refractivity (Wildman–Crippen MR) is 83.1 cm³/mol. The van der Waals surface area contributed by atoms with Gasteiger partial charge in [-0.25, -0.2) is 0 Å². The molecule has 1 aliphatic heterocycles. The van der Waals surface area contributed by atoms with Crippen LogP contribution >= 0.6 is 0 Å². The predicted octanol–water partition coefficient (Wildman–Crippen LogP) is 5.42. The Bertz CT molecular complexity index is 448.